The highest BCUT2D eigenvalue weighted by atomic mass is 32.2. The van der Waals surface area contributed by atoms with E-state index in [2.05, 4.69) is 5.32 Å². The Balaban J connectivity index is 3.72. The topological polar surface area (TPSA) is 89.3 Å². The lowest BCUT2D eigenvalue weighted by molar-refractivity contribution is -0.117. The van der Waals surface area contributed by atoms with Crippen LogP contribution in [0.5, 0.6) is 0 Å². The molecule has 5 nitrogen and oxygen atoms in total. The van der Waals surface area contributed by atoms with Crippen molar-refractivity contribution in [3.63, 3.8) is 0 Å². The molecule has 0 rings (SSSR count). The quantitative estimate of drug-likeness (QED) is 0.541. The first-order chi connectivity index (χ1) is 5.86. The van der Waals surface area contributed by atoms with Gasteiger partial charge < -0.3 is 11.1 Å². The van der Waals surface area contributed by atoms with Gasteiger partial charge in [-0.15, -0.1) is 0 Å². The molecule has 0 bridgehead atoms. The summed E-state index contributed by atoms with van der Waals surface area (Å²) in [6, 6.07) is 0. The van der Waals surface area contributed by atoms with Crippen LogP contribution in [-0.4, -0.2) is 38.4 Å². The van der Waals surface area contributed by atoms with E-state index in [0.717, 1.165) is 0 Å². The van der Waals surface area contributed by atoms with Gasteiger partial charge in [-0.1, -0.05) is 0 Å². The predicted octanol–water partition coefficient (Wildman–Crippen LogP) is -1.12. The van der Waals surface area contributed by atoms with Crippen LogP contribution in [0.3, 0.4) is 0 Å². The van der Waals surface area contributed by atoms with Gasteiger partial charge in [-0.05, 0) is 13.8 Å². The molecule has 0 saturated heterocycles. The maximum atomic E-state index is 11.2. The number of hydrogen-bond donors (Lipinski definition) is 2. The van der Waals surface area contributed by atoms with Crippen molar-refractivity contribution >= 4 is 15.7 Å². The lowest BCUT2D eigenvalue weighted by Gasteiger charge is -2.07. The molecular weight excluding hydrogens is 192 g/mol. The van der Waals surface area contributed by atoms with E-state index in [-0.39, 0.29) is 24.1 Å². The van der Waals surface area contributed by atoms with Gasteiger partial charge in [-0.2, -0.15) is 0 Å². The second-order valence-electron chi connectivity index (χ2n) is 3.06. The Bertz CT molecular complexity index is 259. The Kier molecular flexibility index (Phi) is 4.94. The summed E-state index contributed by atoms with van der Waals surface area (Å²) in [5.74, 6) is -0.445. The van der Waals surface area contributed by atoms with E-state index in [0.29, 0.717) is 0 Å². The molecule has 3 N–H and O–H groups in total. The van der Waals surface area contributed by atoms with Gasteiger partial charge in [0.05, 0.1) is 17.5 Å². The SMILES string of the molecule is CC(C)S(=O)(=O)CCNCC(N)=O. The van der Waals surface area contributed by atoms with E-state index in [4.69, 9.17) is 5.73 Å². The van der Waals surface area contributed by atoms with Crippen molar-refractivity contribution in [2.75, 3.05) is 18.8 Å². The largest absolute Gasteiger partial charge is 0.369 e. The van der Waals surface area contributed by atoms with Crippen LogP contribution < -0.4 is 11.1 Å². The van der Waals surface area contributed by atoms with Crippen molar-refractivity contribution < 1.29 is 13.2 Å². The van der Waals surface area contributed by atoms with Crippen LogP contribution in [-0.2, 0) is 14.6 Å². The third-order valence-corrected chi connectivity index (χ3v) is 3.79. The van der Waals surface area contributed by atoms with Crippen molar-refractivity contribution in [2.45, 2.75) is 19.1 Å². The molecule has 0 fully saturated rings. The molecule has 0 heterocycles. The van der Waals surface area contributed by atoms with E-state index in [9.17, 15) is 13.2 Å². The van der Waals surface area contributed by atoms with Crippen LogP contribution in [0.15, 0.2) is 0 Å². The summed E-state index contributed by atoms with van der Waals surface area (Å²) in [6.07, 6.45) is 0. The minimum Gasteiger partial charge on any atom is -0.369 e. The molecular formula is C7H16N2O3S. The molecule has 0 aliphatic rings. The second-order valence-corrected chi connectivity index (χ2v) is 5.74. The Labute approximate surface area is 78.6 Å². The van der Waals surface area contributed by atoms with E-state index in [1.165, 1.54) is 0 Å². The third kappa shape index (κ3) is 5.59. The van der Waals surface area contributed by atoms with Crippen molar-refractivity contribution in [3.8, 4) is 0 Å². The lowest BCUT2D eigenvalue weighted by Crippen LogP contribution is -2.33. The van der Waals surface area contributed by atoms with E-state index in [1.54, 1.807) is 13.8 Å². The molecule has 13 heavy (non-hydrogen) atoms. The summed E-state index contributed by atoms with van der Waals surface area (Å²) in [4.78, 5) is 10.3. The lowest BCUT2D eigenvalue weighted by atomic mass is 10.6. The fourth-order valence-electron chi connectivity index (χ4n) is 0.662. The number of primary amides is 1. The highest BCUT2D eigenvalue weighted by molar-refractivity contribution is 7.92. The van der Waals surface area contributed by atoms with E-state index >= 15 is 0 Å². The Hall–Kier alpha value is -0.620. The zero-order valence-corrected chi connectivity index (χ0v) is 8.73. The van der Waals surface area contributed by atoms with Gasteiger partial charge in [-0.3, -0.25) is 4.79 Å². The van der Waals surface area contributed by atoms with Crippen molar-refractivity contribution in [3.05, 3.63) is 0 Å². The summed E-state index contributed by atoms with van der Waals surface area (Å²) in [7, 11) is -3.01. The van der Waals surface area contributed by atoms with Crippen LogP contribution in [0.25, 0.3) is 0 Å². The predicted molar refractivity (Wildman–Crippen MR) is 51.0 cm³/mol. The minimum atomic E-state index is -3.01. The normalized spacial score (nSPS) is 11.9. The molecule has 0 atom stereocenters. The number of carbonyl (C=O) groups excluding carboxylic acids is 1. The minimum absolute atomic E-state index is 0.0214. The molecule has 0 aromatic carbocycles. The maximum Gasteiger partial charge on any atom is 0.231 e. The fourth-order valence-corrected chi connectivity index (χ4v) is 1.56. The molecule has 1 amide bonds. The van der Waals surface area contributed by atoms with Crippen LogP contribution in [0.2, 0.25) is 0 Å². The molecule has 0 aromatic rings. The summed E-state index contributed by atoms with van der Waals surface area (Å²) >= 11 is 0. The van der Waals surface area contributed by atoms with Gasteiger partial charge in [0, 0.05) is 6.54 Å². The number of nitrogens with one attached hydrogen (secondary N) is 1. The molecule has 6 heteroatoms. The van der Waals surface area contributed by atoms with Crippen molar-refractivity contribution in [2.24, 2.45) is 5.73 Å². The Morgan fingerprint density at radius 2 is 2.00 bits per heavy atom. The molecule has 0 aromatic heterocycles. The highest BCUT2D eigenvalue weighted by Gasteiger charge is 2.14. The number of amides is 1. The average Bonchev–Trinajstić information content (AvgIpc) is 1.97. The summed E-state index contributed by atoms with van der Waals surface area (Å²) < 4.78 is 22.4. The Morgan fingerprint density at radius 3 is 2.38 bits per heavy atom. The number of hydrogen-bond acceptors (Lipinski definition) is 4. The number of rotatable bonds is 6. The van der Waals surface area contributed by atoms with Gasteiger partial charge in [-0.25, -0.2) is 8.42 Å². The van der Waals surface area contributed by atoms with E-state index in [1.807, 2.05) is 0 Å². The van der Waals surface area contributed by atoms with Crippen LogP contribution in [0, 0.1) is 0 Å². The van der Waals surface area contributed by atoms with Crippen LogP contribution in [0.1, 0.15) is 13.8 Å². The van der Waals surface area contributed by atoms with Gasteiger partial charge in [0.2, 0.25) is 5.91 Å². The van der Waals surface area contributed by atoms with Crippen molar-refractivity contribution in [1.82, 2.24) is 5.32 Å². The maximum absolute atomic E-state index is 11.2. The highest BCUT2D eigenvalue weighted by Crippen LogP contribution is 1.98. The molecule has 0 aliphatic heterocycles. The molecule has 0 saturated carbocycles. The summed E-state index contributed by atoms with van der Waals surface area (Å²) in [6.45, 7) is 3.55. The second kappa shape index (κ2) is 5.18. The van der Waals surface area contributed by atoms with Gasteiger partial charge in [0.1, 0.15) is 0 Å². The molecule has 0 spiro atoms. The van der Waals surface area contributed by atoms with Gasteiger partial charge in [0.25, 0.3) is 0 Å². The smallest absolute Gasteiger partial charge is 0.231 e. The molecule has 78 valence electrons. The zero-order chi connectivity index (χ0) is 10.5. The molecule has 0 aliphatic carbocycles. The van der Waals surface area contributed by atoms with E-state index < -0.39 is 15.7 Å². The third-order valence-electron chi connectivity index (χ3n) is 1.58. The van der Waals surface area contributed by atoms with Crippen molar-refractivity contribution in [1.29, 1.82) is 0 Å². The Morgan fingerprint density at radius 1 is 1.46 bits per heavy atom. The standard InChI is InChI=1S/C7H16N2O3S/c1-6(2)13(11,12)4-3-9-5-7(8)10/h6,9H,3-5H2,1-2H3,(H2,8,10). The average molecular weight is 208 g/mol. The summed E-state index contributed by atoms with van der Waals surface area (Å²) in [5.41, 5.74) is 4.85. The number of nitrogens with two attached hydrogens (primary N) is 1. The zero-order valence-electron chi connectivity index (χ0n) is 7.91. The molecule has 0 radical (unpaired) electrons. The first-order valence-electron chi connectivity index (χ1n) is 4.07. The first-order valence-corrected chi connectivity index (χ1v) is 5.78. The van der Waals surface area contributed by atoms with Crippen LogP contribution >= 0.6 is 0 Å². The molecule has 0 unspecified atom stereocenters. The van der Waals surface area contributed by atoms with Gasteiger partial charge >= 0.3 is 0 Å². The number of carbonyl (C=O) groups is 1. The van der Waals surface area contributed by atoms with Crippen LogP contribution in [0.4, 0.5) is 0 Å². The number of sulfone groups is 1. The fraction of sp³-hybridized carbons (Fsp3) is 0.857. The first kappa shape index (κ1) is 12.4. The summed E-state index contributed by atoms with van der Waals surface area (Å²) in [5, 5.41) is 2.27. The van der Waals surface area contributed by atoms with Gasteiger partial charge in [0.15, 0.2) is 9.84 Å². The monoisotopic (exact) mass is 208 g/mol.